The van der Waals surface area contributed by atoms with Gasteiger partial charge in [0, 0.05) is 36.3 Å². The Bertz CT molecular complexity index is 1350. The fraction of sp³-hybridized carbons (Fsp3) is 0.727. The lowest BCUT2D eigenvalue weighted by Gasteiger charge is -2.18. The highest BCUT2D eigenvalue weighted by atomic mass is 32.2. The first-order valence-electron chi connectivity index (χ1n) is 18.2. The van der Waals surface area contributed by atoms with Crippen LogP contribution in [0.4, 0.5) is 4.79 Å². The van der Waals surface area contributed by atoms with Gasteiger partial charge < -0.3 is 48.3 Å². The summed E-state index contributed by atoms with van der Waals surface area (Å²) < 4.78 is 0. The maximum absolute atomic E-state index is 12.5. The standard InChI is InChI=1S/C33H56N10O10S/c1-18(2)12-20(13-25(45)43-53)32(51)38-16-27(47)39-19(3)31(50)37-14-26(46)36-15-28(48)40-21(30(34)49)8-6-7-11-35-24(44)10-5-4-9-23-29-22(17-54-23)41-33(52)42-29/h18-23,29,53H,4-17H2,1-3H3,(H2,34,49)(H,35,44)(H,36,46)(H,37,50)(H,38,51)(H,39,47)(H,40,48)(H,43,45)(H2,41,42,52)/t19-,20?,21-,22-,23-,29-/m0/s1. The maximum Gasteiger partial charge on any atom is 0.315 e. The van der Waals surface area contributed by atoms with E-state index in [-0.39, 0.29) is 42.8 Å². The van der Waals surface area contributed by atoms with Crippen molar-refractivity contribution in [2.75, 3.05) is 31.9 Å². The fourth-order valence-corrected chi connectivity index (χ4v) is 7.49. The summed E-state index contributed by atoms with van der Waals surface area (Å²) in [5.41, 5.74) is 6.90. The molecule has 2 aliphatic heterocycles. The first kappa shape index (κ1) is 45.5. The molecule has 0 saturated carbocycles. The summed E-state index contributed by atoms with van der Waals surface area (Å²) in [6, 6.07) is -1.88. The Morgan fingerprint density at radius 2 is 1.46 bits per heavy atom. The monoisotopic (exact) mass is 784 g/mol. The molecule has 2 fully saturated rings. The number of fused-ring (bicyclic) bond motifs is 1. The maximum atomic E-state index is 12.5. The second-order valence-corrected chi connectivity index (χ2v) is 15.1. The molecular weight excluding hydrogens is 728 g/mol. The van der Waals surface area contributed by atoms with Gasteiger partial charge in [0.15, 0.2) is 0 Å². The Hall–Kier alpha value is -4.66. The number of amides is 10. The molecule has 1 unspecified atom stereocenters. The molecule has 304 valence electrons. The molecule has 6 atom stereocenters. The highest BCUT2D eigenvalue weighted by Crippen LogP contribution is 2.33. The lowest BCUT2D eigenvalue weighted by Crippen LogP contribution is -2.51. The molecule has 2 saturated heterocycles. The smallest absolute Gasteiger partial charge is 0.315 e. The third-order valence-corrected chi connectivity index (χ3v) is 10.3. The first-order valence-corrected chi connectivity index (χ1v) is 19.2. The summed E-state index contributed by atoms with van der Waals surface area (Å²) in [5.74, 6) is -4.78. The topological polar surface area (TPSA) is 308 Å². The molecule has 2 aliphatic rings. The minimum Gasteiger partial charge on any atom is -0.368 e. The van der Waals surface area contributed by atoms with Gasteiger partial charge in [-0.1, -0.05) is 20.3 Å². The van der Waals surface area contributed by atoms with Gasteiger partial charge >= 0.3 is 6.03 Å². The SMILES string of the molecule is CC(C)CC(CC(=O)NO)C(=O)NCC(=O)N[C@@H](C)C(=O)NCC(=O)NCC(=O)N[C@@H](CCCCNC(=O)CCCC[C@@H]1SC[C@@H]2NC(=O)N[C@@H]21)C(N)=O. The van der Waals surface area contributed by atoms with E-state index in [9.17, 15) is 43.2 Å². The zero-order valence-electron chi connectivity index (χ0n) is 31.0. The highest BCUT2D eigenvalue weighted by molar-refractivity contribution is 8.00. The van der Waals surface area contributed by atoms with Crippen LogP contribution in [-0.4, -0.2) is 120 Å². The van der Waals surface area contributed by atoms with Crippen molar-refractivity contribution in [3.8, 4) is 0 Å². The molecule has 0 aliphatic carbocycles. The summed E-state index contributed by atoms with van der Waals surface area (Å²) in [7, 11) is 0. The third-order valence-electron chi connectivity index (χ3n) is 8.75. The van der Waals surface area contributed by atoms with E-state index in [2.05, 4.69) is 42.5 Å². The lowest BCUT2D eigenvalue weighted by atomic mass is 9.93. The number of nitrogens with one attached hydrogen (secondary N) is 9. The van der Waals surface area contributed by atoms with Gasteiger partial charge in [-0.05, 0) is 51.4 Å². The number of hydrogen-bond acceptors (Lipinski definition) is 11. The van der Waals surface area contributed by atoms with Crippen molar-refractivity contribution in [1.82, 2.24) is 48.0 Å². The molecule has 20 nitrogen and oxygen atoms in total. The van der Waals surface area contributed by atoms with Crippen molar-refractivity contribution in [3.63, 3.8) is 0 Å². The molecule has 0 bridgehead atoms. The van der Waals surface area contributed by atoms with E-state index < -0.39 is 79.0 Å². The zero-order valence-corrected chi connectivity index (χ0v) is 31.9. The number of hydrogen-bond donors (Lipinski definition) is 11. The molecule has 0 aromatic rings. The normalized spacial score (nSPS) is 18.8. The van der Waals surface area contributed by atoms with E-state index in [1.807, 2.05) is 25.6 Å². The Morgan fingerprint density at radius 3 is 2.15 bits per heavy atom. The average Bonchev–Trinajstić information content (AvgIpc) is 3.67. The predicted molar refractivity (Wildman–Crippen MR) is 196 cm³/mol. The quantitative estimate of drug-likeness (QED) is 0.0197. The highest BCUT2D eigenvalue weighted by Gasteiger charge is 2.42. The van der Waals surface area contributed by atoms with Crippen LogP contribution >= 0.6 is 11.8 Å². The van der Waals surface area contributed by atoms with Crippen LogP contribution in [0.3, 0.4) is 0 Å². The van der Waals surface area contributed by atoms with Gasteiger partial charge in [0.2, 0.25) is 47.3 Å². The minimum atomic E-state index is -1.09. The summed E-state index contributed by atoms with van der Waals surface area (Å²) in [4.78, 5) is 109. The number of rotatable bonds is 25. The van der Waals surface area contributed by atoms with Crippen LogP contribution < -0.4 is 53.7 Å². The van der Waals surface area contributed by atoms with Crippen LogP contribution in [-0.2, 0) is 38.4 Å². The van der Waals surface area contributed by atoms with E-state index >= 15 is 0 Å². The Labute approximate surface area is 318 Å². The fourth-order valence-electron chi connectivity index (χ4n) is 5.95. The van der Waals surface area contributed by atoms with E-state index in [4.69, 9.17) is 10.9 Å². The molecule has 0 spiro atoms. The van der Waals surface area contributed by atoms with Gasteiger partial charge in [0.1, 0.15) is 12.1 Å². The number of carbonyl (C=O) groups excluding carboxylic acids is 9. The van der Waals surface area contributed by atoms with Crippen molar-refractivity contribution in [2.24, 2.45) is 17.6 Å². The van der Waals surface area contributed by atoms with Crippen molar-refractivity contribution >= 4 is 65.1 Å². The van der Waals surface area contributed by atoms with E-state index in [0.29, 0.717) is 37.5 Å². The van der Waals surface area contributed by atoms with Gasteiger partial charge in [-0.2, -0.15) is 11.8 Å². The zero-order chi connectivity index (χ0) is 40.2. The van der Waals surface area contributed by atoms with Crippen molar-refractivity contribution in [3.05, 3.63) is 0 Å². The molecule has 0 aromatic heterocycles. The molecule has 0 aromatic carbocycles. The van der Waals surface area contributed by atoms with Crippen molar-refractivity contribution in [2.45, 2.75) is 108 Å². The van der Waals surface area contributed by atoms with Gasteiger partial charge in [0.25, 0.3) is 0 Å². The molecule has 0 radical (unpaired) electrons. The Balaban J connectivity index is 1.56. The molecular formula is C33H56N10O10S. The molecule has 2 heterocycles. The van der Waals surface area contributed by atoms with Crippen LogP contribution in [0.1, 0.15) is 78.6 Å². The Morgan fingerprint density at radius 1 is 0.796 bits per heavy atom. The van der Waals surface area contributed by atoms with Crippen LogP contribution in [0.5, 0.6) is 0 Å². The molecule has 21 heteroatoms. The number of carbonyl (C=O) groups is 9. The number of primary amides is 1. The summed E-state index contributed by atoms with van der Waals surface area (Å²) in [6.07, 6.45) is 4.24. The number of hydroxylamine groups is 1. The number of urea groups is 1. The predicted octanol–water partition coefficient (Wildman–Crippen LogP) is -2.62. The molecule has 10 amide bonds. The second-order valence-electron chi connectivity index (χ2n) is 13.8. The van der Waals surface area contributed by atoms with E-state index in [0.717, 1.165) is 25.0 Å². The van der Waals surface area contributed by atoms with Gasteiger partial charge in [-0.25, -0.2) is 10.3 Å². The van der Waals surface area contributed by atoms with Crippen molar-refractivity contribution < 1.29 is 48.4 Å². The number of nitrogens with two attached hydrogens (primary N) is 1. The third kappa shape index (κ3) is 17.4. The van der Waals surface area contributed by atoms with Gasteiger partial charge in [0.05, 0.1) is 31.7 Å². The lowest BCUT2D eigenvalue weighted by molar-refractivity contribution is -0.135. The van der Waals surface area contributed by atoms with Crippen LogP contribution in [0.2, 0.25) is 0 Å². The molecule has 54 heavy (non-hydrogen) atoms. The van der Waals surface area contributed by atoms with Crippen LogP contribution in [0.15, 0.2) is 0 Å². The van der Waals surface area contributed by atoms with Crippen molar-refractivity contribution in [1.29, 1.82) is 0 Å². The summed E-state index contributed by atoms with van der Waals surface area (Å²) in [5, 5.41) is 29.7. The largest absolute Gasteiger partial charge is 0.368 e. The number of thioether (sulfide) groups is 1. The molecule has 12 N–H and O–H groups in total. The average molecular weight is 785 g/mol. The van der Waals surface area contributed by atoms with E-state index in [1.54, 1.807) is 0 Å². The Kier molecular flexibility index (Phi) is 20.1. The molecule has 2 rings (SSSR count). The summed E-state index contributed by atoms with van der Waals surface area (Å²) >= 11 is 1.84. The van der Waals surface area contributed by atoms with Gasteiger partial charge in [-0.3, -0.25) is 43.6 Å². The minimum absolute atomic E-state index is 0.0622. The van der Waals surface area contributed by atoms with Gasteiger partial charge in [-0.15, -0.1) is 0 Å². The summed E-state index contributed by atoms with van der Waals surface area (Å²) in [6.45, 7) is 3.95. The second kappa shape index (κ2) is 23.9. The number of unbranched alkanes of at least 4 members (excludes halogenated alkanes) is 2. The van der Waals surface area contributed by atoms with Crippen LogP contribution in [0, 0.1) is 11.8 Å². The first-order chi connectivity index (χ1) is 25.6. The van der Waals surface area contributed by atoms with Crippen LogP contribution in [0.25, 0.3) is 0 Å². The van der Waals surface area contributed by atoms with E-state index in [1.165, 1.54) is 12.4 Å².